The molecule has 1 aliphatic heterocycles. The lowest BCUT2D eigenvalue weighted by Crippen LogP contribution is -2.41. The third-order valence-corrected chi connectivity index (χ3v) is 3.46. The van der Waals surface area contributed by atoms with Gasteiger partial charge < -0.3 is 10.6 Å². The first kappa shape index (κ1) is 13.9. The van der Waals surface area contributed by atoms with E-state index in [1.165, 1.54) is 18.2 Å². The molecule has 1 aromatic carbocycles. The van der Waals surface area contributed by atoms with E-state index < -0.39 is 17.7 Å². The molecule has 0 radical (unpaired) electrons. The highest BCUT2D eigenvalue weighted by Gasteiger charge is 2.24. The molecular formula is C14H18F2N2O. The van der Waals surface area contributed by atoms with Crippen molar-refractivity contribution >= 4 is 5.91 Å². The molecule has 2 atom stereocenters. The van der Waals surface area contributed by atoms with Crippen molar-refractivity contribution in [1.29, 1.82) is 0 Å². The van der Waals surface area contributed by atoms with E-state index in [4.69, 9.17) is 0 Å². The molecule has 1 saturated heterocycles. The Morgan fingerprint density at radius 1 is 1.42 bits per heavy atom. The van der Waals surface area contributed by atoms with Crippen LogP contribution in [0.1, 0.15) is 31.4 Å². The predicted molar refractivity (Wildman–Crippen MR) is 68.5 cm³/mol. The predicted octanol–water partition coefficient (Wildman–Crippen LogP) is 2.14. The van der Waals surface area contributed by atoms with Crippen LogP contribution in [0.25, 0.3) is 0 Å². The van der Waals surface area contributed by atoms with Gasteiger partial charge in [0, 0.05) is 12.1 Å². The number of benzene rings is 1. The van der Waals surface area contributed by atoms with Crippen LogP contribution >= 0.6 is 0 Å². The molecule has 1 amide bonds. The maximum Gasteiger partial charge on any atom is 0.224 e. The van der Waals surface area contributed by atoms with Crippen molar-refractivity contribution in [2.75, 3.05) is 13.1 Å². The van der Waals surface area contributed by atoms with Gasteiger partial charge in [-0.3, -0.25) is 4.79 Å². The van der Waals surface area contributed by atoms with Crippen LogP contribution in [0.15, 0.2) is 18.2 Å². The van der Waals surface area contributed by atoms with Crippen molar-refractivity contribution < 1.29 is 13.6 Å². The lowest BCUT2D eigenvalue weighted by molar-refractivity contribution is -0.126. The first-order valence-corrected chi connectivity index (χ1v) is 6.54. The van der Waals surface area contributed by atoms with Crippen LogP contribution in [0.5, 0.6) is 0 Å². The summed E-state index contributed by atoms with van der Waals surface area (Å²) in [6.45, 7) is 3.13. The van der Waals surface area contributed by atoms with Gasteiger partial charge in [-0.2, -0.15) is 0 Å². The zero-order chi connectivity index (χ0) is 13.8. The highest BCUT2D eigenvalue weighted by Crippen LogP contribution is 2.21. The second-order valence-electron chi connectivity index (χ2n) is 4.91. The fourth-order valence-electron chi connectivity index (χ4n) is 2.40. The Bertz CT molecular complexity index is 439. The molecule has 2 N–H and O–H groups in total. The summed E-state index contributed by atoms with van der Waals surface area (Å²) in [5.74, 6) is -1.53. The van der Waals surface area contributed by atoms with Gasteiger partial charge >= 0.3 is 0 Å². The minimum atomic E-state index is -0.671. The number of hydrogen-bond donors (Lipinski definition) is 2. The van der Waals surface area contributed by atoms with E-state index in [-0.39, 0.29) is 17.4 Å². The number of halogens is 2. The van der Waals surface area contributed by atoms with Crippen molar-refractivity contribution in [3.8, 4) is 0 Å². The molecule has 0 aliphatic carbocycles. The smallest absolute Gasteiger partial charge is 0.224 e. The molecule has 3 nitrogen and oxygen atoms in total. The Labute approximate surface area is 111 Å². The minimum absolute atomic E-state index is 0.0837. The summed E-state index contributed by atoms with van der Waals surface area (Å²) in [6, 6.07) is 3.04. The van der Waals surface area contributed by atoms with Crippen LogP contribution in [-0.2, 0) is 4.79 Å². The maximum absolute atomic E-state index is 13.6. The Hall–Kier alpha value is -1.49. The second-order valence-corrected chi connectivity index (χ2v) is 4.91. The quantitative estimate of drug-likeness (QED) is 0.882. The zero-order valence-corrected chi connectivity index (χ0v) is 10.9. The number of piperidine rings is 1. The van der Waals surface area contributed by atoms with Gasteiger partial charge in [-0.05, 0) is 38.4 Å². The molecule has 1 aliphatic rings. The number of carbonyl (C=O) groups is 1. The molecule has 0 aromatic heterocycles. The molecule has 19 heavy (non-hydrogen) atoms. The summed E-state index contributed by atoms with van der Waals surface area (Å²) in [7, 11) is 0. The average Bonchev–Trinajstić information content (AvgIpc) is 2.39. The summed E-state index contributed by atoms with van der Waals surface area (Å²) < 4.78 is 27.2. The first-order valence-electron chi connectivity index (χ1n) is 6.54. The first-order chi connectivity index (χ1) is 9.09. The topological polar surface area (TPSA) is 41.1 Å². The van der Waals surface area contributed by atoms with E-state index >= 15 is 0 Å². The average molecular weight is 268 g/mol. The van der Waals surface area contributed by atoms with Gasteiger partial charge in [-0.1, -0.05) is 6.07 Å². The van der Waals surface area contributed by atoms with Crippen molar-refractivity contribution in [2.45, 2.75) is 25.8 Å². The summed E-state index contributed by atoms with van der Waals surface area (Å²) in [5.41, 5.74) is -0.0837. The lowest BCUT2D eigenvalue weighted by Gasteiger charge is -2.24. The Morgan fingerprint density at radius 3 is 2.68 bits per heavy atom. The molecular weight excluding hydrogens is 250 g/mol. The van der Waals surface area contributed by atoms with Crippen LogP contribution < -0.4 is 10.6 Å². The van der Waals surface area contributed by atoms with Gasteiger partial charge in [0.1, 0.15) is 11.6 Å². The minimum Gasteiger partial charge on any atom is -0.349 e. The fraction of sp³-hybridized carbons (Fsp3) is 0.500. The van der Waals surface area contributed by atoms with Gasteiger partial charge in [0.2, 0.25) is 5.91 Å². The zero-order valence-electron chi connectivity index (χ0n) is 10.9. The molecule has 104 valence electrons. The molecule has 1 heterocycles. The van der Waals surface area contributed by atoms with Gasteiger partial charge in [0.05, 0.1) is 12.0 Å². The van der Waals surface area contributed by atoms with Gasteiger partial charge in [-0.25, -0.2) is 8.78 Å². The molecule has 5 heteroatoms. The fourth-order valence-corrected chi connectivity index (χ4v) is 2.40. The van der Waals surface area contributed by atoms with Crippen molar-refractivity contribution in [2.24, 2.45) is 5.92 Å². The number of nitrogens with one attached hydrogen (secondary N) is 2. The van der Waals surface area contributed by atoms with E-state index in [9.17, 15) is 13.6 Å². The maximum atomic E-state index is 13.6. The van der Waals surface area contributed by atoms with E-state index in [1.807, 2.05) is 0 Å². The number of rotatable bonds is 3. The third-order valence-electron chi connectivity index (χ3n) is 3.46. The molecule has 0 saturated carbocycles. The van der Waals surface area contributed by atoms with Gasteiger partial charge in [-0.15, -0.1) is 0 Å². The van der Waals surface area contributed by atoms with E-state index in [0.717, 1.165) is 19.4 Å². The summed E-state index contributed by atoms with van der Waals surface area (Å²) in [5, 5.41) is 5.83. The van der Waals surface area contributed by atoms with Crippen LogP contribution in [0, 0.1) is 17.6 Å². The monoisotopic (exact) mass is 268 g/mol. The van der Waals surface area contributed by atoms with Crippen molar-refractivity contribution in [3.05, 3.63) is 35.4 Å². The van der Waals surface area contributed by atoms with E-state index in [0.29, 0.717) is 6.54 Å². The Kier molecular flexibility index (Phi) is 4.47. The van der Waals surface area contributed by atoms with E-state index in [1.54, 1.807) is 6.92 Å². The standard InChI is InChI=1S/C14H18F2N2O/c1-9(13-11(15)5-2-6-12(13)16)18-14(19)10-4-3-7-17-8-10/h2,5-6,9-10,17H,3-4,7-8H2,1H3,(H,18,19)/t9?,10-/m0/s1. The molecule has 2 rings (SSSR count). The summed E-state index contributed by atoms with van der Waals surface area (Å²) >= 11 is 0. The Balaban J connectivity index is 2.04. The molecule has 1 fully saturated rings. The van der Waals surface area contributed by atoms with Crippen LogP contribution in [-0.4, -0.2) is 19.0 Å². The number of amides is 1. The number of hydrogen-bond acceptors (Lipinski definition) is 2. The van der Waals surface area contributed by atoms with Crippen LogP contribution in [0.4, 0.5) is 8.78 Å². The van der Waals surface area contributed by atoms with Crippen molar-refractivity contribution in [3.63, 3.8) is 0 Å². The molecule has 0 bridgehead atoms. The molecule has 1 aromatic rings. The van der Waals surface area contributed by atoms with Crippen LogP contribution in [0.2, 0.25) is 0 Å². The third kappa shape index (κ3) is 3.29. The van der Waals surface area contributed by atoms with Gasteiger partial charge in [0.25, 0.3) is 0 Å². The number of carbonyl (C=O) groups excluding carboxylic acids is 1. The second kappa shape index (κ2) is 6.10. The van der Waals surface area contributed by atoms with E-state index in [2.05, 4.69) is 10.6 Å². The highest BCUT2D eigenvalue weighted by molar-refractivity contribution is 5.79. The van der Waals surface area contributed by atoms with Crippen LogP contribution in [0.3, 0.4) is 0 Å². The lowest BCUT2D eigenvalue weighted by atomic mass is 9.97. The SMILES string of the molecule is CC(NC(=O)[C@H]1CCCNC1)c1c(F)cccc1F. The molecule has 1 unspecified atom stereocenters. The van der Waals surface area contributed by atoms with Gasteiger partial charge in [0.15, 0.2) is 0 Å². The summed E-state index contributed by atoms with van der Waals surface area (Å²) in [6.07, 6.45) is 1.76. The summed E-state index contributed by atoms with van der Waals surface area (Å²) in [4.78, 5) is 12.0. The Morgan fingerprint density at radius 2 is 2.11 bits per heavy atom. The highest BCUT2D eigenvalue weighted by atomic mass is 19.1. The largest absolute Gasteiger partial charge is 0.349 e. The van der Waals surface area contributed by atoms with Crippen molar-refractivity contribution in [1.82, 2.24) is 10.6 Å². The normalized spacial score (nSPS) is 20.9. The molecule has 0 spiro atoms.